The standard InChI is InChI=1S/C31H39N3O6S/c1-6-23(2)32-31(36)24(3)33(20-19-25-13-9-7-10-14-25)30(35)22-34(41(37,38)27-15-11-8-12-16-27)28-21-26(39-4)17-18-29(28)40-5/h7-18,21,23-24H,6,19-20,22H2,1-5H3,(H,32,36)/t23-,24+/m0/s1. The molecule has 0 radical (unpaired) electrons. The number of hydrogen-bond acceptors (Lipinski definition) is 6. The average molecular weight is 582 g/mol. The Labute approximate surface area is 243 Å². The van der Waals surface area contributed by atoms with E-state index in [1.54, 1.807) is 37.3 Å². The molecule has 3 aromatic carbocycles. The molecule has 0 fully saturated rings. The zero-order valence-corrected chi connectivity index (χ0v) is 25.1. The van der Waals surface area contributed by atoms with E-state index < -0.39 is 28.5 Å². The van der Waals surface area contributed by atoms with E-state index in [4.69, 9.17) is 9.47 Å². The SMILES string of the molecule is CC[C@H](C)NC(=O)[C@@H](C)N(CCc1ccccc1)C(=O)CN(c1cc(OC)ccc1OC)S(=O)(=O)c1ccccc1. The first-order valence-electron chi connectivity index (χ1n) is 13.6. The molecule has 0 aliphatic rings. The topological polar surface area (TPSA) is 105 Å². The van der Waals surface area contributed by atoms with Gasteiger partial charge in [-0.25, -0.2) is 8.42 Å². The fraction of sp³-hybridized carbons (Fsp3) is 0.355. The number of nitrogens with zero attached hydrogens (tertiary/aromatic N) is 2. The fourth-order valence-electron chi connectivity index (χ4n) is 4.26. The lowest BCUT2D eigenvalue weighted by molar-refractivity contribution is -0.139. The Bertz CT molecular complexity index is 1400. The first-order chi connectivity index (χ1) is 19.6. The predicted molar refractivity (Wildman–Crippen MR) is 160 cm³/mol. The number of carbonyl (C=O) groups is 2. The van der Waals surface area contributed by atoms with Crippen LogP contribution < -0.4 is 19.1 Å². The van der Waals surface area contributed by atoms with Gasteiger partial charge in [-0.1, -0.05) is 55.5 Å². The number of ether oxygens (including phenoxy) is 2. The van der Waals surface area contributed by atoms with Gasteiger partial charge in [-0.2, -0.15) is 0 Å². The number of rotatable bonds is 14. The third-order valence-electron chi connectivity index (χ3n) is 6.92. The van der Waals surface area contributed by atoms with Crippen LogP contribution in [-0.2, 0) is 26.0 Å². The molecule has 0 saturated heterocycles. The zero-order chi connectivity index (χ0) is 30.0. The number of anilines is 1. The van der Waals surface area contributed by atoms with Gasteiger partial charge in [0.25, 0.3) is 10.0 Å². The smallest absolute Gasteiger partial charge is 0.264 e. The van der Waals surface area contributed by atoms with E-state index in [1.165, 1.54) is 37.3 Å². The lowest BCUT2D eigenvalue weighted by Gasteiger charge is -2.33. The highest BCUT2D eigenvalue weighted by Crippen LogP contribution is 2.35. The van der Waals surface area contributed by atoms with Crippen molar-refractivity contribution in [3.63, 3.8) is 0 Å². The van der Waals surface area contributed by atoms with E-state index in [2.05, 4.69) is 5.32 Å². The summed E-state index contributed by atoms with van der Waals surface area (Å²) in [5, 5.41) is 2.94. The minimum absolute atomic E-state index is 0.0103. The van der Waals surface area contributed by atoms with Crippen molar-refractivity contribution in [1.82, 2.24) is 10.2 Å². The first-order valence-corrected chi connectivity index (χ1v) is 15.0. The Morgan fingerprint density at radius 3 is 2.12 bits per heavy atom. The maximum absolute atomic E-state index is 14.0. The Hall–Kier alpha value is -4.05. The number of hydrogen-bond donors (Lipinski definition) is 1. The Kier molecular flexibility index (Phi) is 11.2. The second-order valence-corrected chi connectivity index (χ2v) is 11.5. The molecule has 0 aliphatic carbocycles. The summed E-state index contributed by atoms with van der Waals surface area (Å²) in [7, 11) is -1.33. The molecule has 220 valence electrons. The van der Waals surface area contributed by atoms with Crippen molar-refractivity contribution >= 4 is 27.5 Å². The van der Waals surface area contributed by atoms with Crippen molar-refractivity contribution in [3.8, 4) is 11.5 Å². The van der Waals surface area contributed by atoms with Gasteiger partial charge in [0.1, 0.15) is 24.1 Å². The van der Waals surface area contributed by atoms with Crippen LogP contribution >= 0.6 is 0 Å². The van der Waals surface area contributed by atoms with E-state index in [0.717, 1.165) is 16.3 Å². The highest BCUT2D eigenvalue weighted by atomic mass is 32.2. The third kappa shape index (κ3) is 8.00. The quantitative estimate of drug-likeness (QED) is 0.305. The van der Waals surface area contributed by atoms with Gasteiger partial charge in [-0.15, -0.1) is 0 Å². The number of methoxy groups -OCH3 is 2. The molecular weight excluding hydrogens is 542 g/mol. The van der Waals surface area contributed by atoms with E-state index in [0.29, 0.717) is 12.2 Å². The Balaban J connectivity index is 2.05. The van der Waals surface area contributed by atoms with E-state index >= 15 is 0 Å². The lowest BCUT2D eigenvalue weighted by Crippen LogP contribution is -2.53. The van der Waals surface area contributed by atoms with Crippen LogP contribution in [0.2, 0.25) is 0 Å². The molecule has 2 atom stereocenters. The second-order valence-electron chi connectivity index (χ2n) is 9.68. The molecule has 0 aliphatic heterocycles. The summed E-state index contributed by atoms with van der Waals surface area (Å²) in [5.41, 5.74) is 1.13. The van der Waals surface area contributed by atoms with Crippen LogP contribution in [-0.4, -0.2) is 64.5 Å². The number of carbonyl (C=O) groups excluding carboxylic acids is 2. The van der Waals surface area contributed by atoms with Gasteiger partial charge in [0.05, 0.1) is 24.8 Å². The molecule has 0 aromatic heterocycles. The molecular formula is C31H39N3O6S. The molecule has 0 spiro atoms. The van der Waals surface area contributed by atoms with Crippen LogP contribution in [0.3, 0.4) is 0 Å². The van der Waals surface area contributed by atoms with E-state index in [1.807, 2.05) is 44.2 Å². The van der Waals surface area contributed by atoms with Crippen molar-refractivity contribution in [2.75, 3.05) is 31.6 Å². The summed E-state index contributed by atoms with van der Waals surface area (Å²) in [5.74, 6) is -0.199. The monoisotopic (exact) mass is 581 g/mol. The third-order valence-corrected chi connectivity index (χ3v) is 8.69. The maximum Gasteiger partial charge on any atom is 0.264 e. The molecule has 1 N–H and O–H groups in total. The van der Waals surface area contributed by atoms with E-state index in [-0.39, 0.29) is 34.8 Å². The summed E-state index contributed by atoms with van der Waals surface area (Å²) in [6.07, 6.45) is 1.22. The molecule has 10 heteroatoms. The molecule has 0 heterocycles. The molecule has 3 rings (SSSR count). The van der Waals surface area contributed by atoms with Gasteiger partial charge in [-0.3, -0.25) is 13.9 Å². The van der Waals surface area contributed by atoms with Crippen molar-refractivity contribution < 1.29 is 27.5 Å². The fourth-order valence-corrected chi connectivity index (χ4v) is 5.70. The molecule has 9 nitrogen and oxygen atoms in total. The molecule has 2 amide bonds. The first kappa shape index (κ1) is 31.5. The Morgan fingerprint density at radius 2 is 1.54 bits per heavy atom. The predicted octanol–water partition coefficient (Wildman–Crippen LogP) is 4.27. The van der Waals surface area contributed by atoms with Crippen molar-refractivity contribution in [2.45, 2.75) is 50.6 Å². The molecule has 0 unspecified atom stereocenters. The van der Waals surface area contributed by atoms with Gasteiger partial charge in [-0.05, 0) is 56.5 Å². The summed E-state index contributed by atoms with van der Waals surface area (Å²) >= 11 is 0. The maximum atomic E-state index is 14.0. The second kappa shape index (κ2) is 14.5. The number of nitrogens with one attached hydrogen (secondary N) is 1. The van der Waals surface area contributed by atoms with Gasteiger partial charge < -0.3 is 19.7 Å². The summed E-state index contributed by atoms with van der Waals surface area (Å²) in [6, 6.07) is 21.3. The number of sulfonamides is 1. The van der Waals surface area contributed by atoms with Crippen LogP contribution in [0.1, 0.15) is 32.8 Å². The molecule has 0 bridgehead atoms. The normalized spacial score (nSPS) is 12.6. The minimum atomic E-state index is -4.23. The zero-order valence-electron chi connectivity index (χ0n) is 24.2. The van der Waals surface area contributed by atoms with Crippen LogP contribution in [0.5, 0.6) is 11.5 Å². The van der Waals surface area contributed by atoms with Crippen molar-refractivity contribution in [1.29, 1.82) is 0 Å². The largest absolute Gasteiger partial charge is 0.497 e. The highest BCUT2D eigenvalue weighted by molar-refractivity contribution is 7.92. The van der Waals surface area contributed by atoms with E-state index in [9.17, 15) is 18.0 Å². The minimum Gasteiger partial charge on any atom is -0.497 e. The van der Waals surface area contributed by atoms with Crippen LogP contribution in [0.4, 0.5) is 5.69 Å². The molecule has 0 saturated carbocycles. The van der Waals surface area contributed by atoms with Crippen molar-refractivity contribution in [2.24, 2.45) is 0 Å². The van der Waals surface area contributed by atoms with Crippen LogP contribution in [0, 0.1) is 0 Å². The molecule has 3 aromatic rings. The average Bonchev–Trinajstić information content (AvgIpc) is 3.00. The Morgan fingerprint density at radius 1 is 0.902 bits per heavy atom. The van der Waals surface area contributed by atoms with Gasteiger partial charge in [0.15, 0.2) is 0 Å². The van der Waals surface area contributed by atoms with Gasteiger partial charge in [0.2, 0.25) is 11.8 Å². The number of amides is 2. The van der Waals surface area contributed by atoms with Crippen LogP contribution in [0.15, 0.2) is 83.8 Å². The highest BCUT2D eigenvalue weighted by Gasteiger charge is 2.34. The van der Waals surface area contributed by atoms with Crippen molar-refractivity contribution in [3.05, 3.63) is 84.4 Å². The summed E-state index contributed by atoms with van der Waals surface area (Å²) in [6.45, 7) is 5.16. The van der Waals surface area contributed by atoms with Gasteiger partial charge >= 0.3 is 0 Å². The summed E-state index contributed by atoms with van der Waals surface area (Å²) < 4.78 is 39.9. The number of benzene rings is 3. The lowest BCUT2D eigenvalue weighted by atomic mass is 10.1. The van der Waals surface area contributed by atoms with Gasteiger partial charge in [0, 0.05) is 18.7 Å². The summed E-state index contributed by atoms with van der Waals surface area (Å²) in [4.78, 5) is 28.6. The van der Waals surface area contributed by atoms with Crippen LogP contribution in [0.25, 0.3) is 0 Å². The molecule has 41 heavy (non-hydrogen) atoms.